The van der Waals surface area contributed by atoms with Crippen LogP contribution in [0.4, 0.5) is 5.69 Å². The molecule has 0 saturated carbocycles. The van der Waals surface area contributed by atoms with Crippen molar-refractivity contribution in [2.75, 3.05) is 25.5 Å². The quantitative estimate of drug-likeness (QED) is 0.452. The Hall–Kier alpha value is -4.13. The Morgan fingerprint density at radius 2 is 1.79 bits per heavy atom. The van der Waals surface area contributed by atoms with Crippen molar-refractivity contribution in [2.24, 2.45) is 0 Å². The van der Waals surface area contributed by atoms with E-state index in [0.29, 0.717) is 41.5 Å². The van der Waals surface area contributed by atoms with Crippen molar-refractivity contribution >= 4 is 28.6 Å². The van der Waals surface area contributed by atoms with Gasteiger partial charge in [-0.2, -0.15) is 0 Å². The number of piperidine rings is 1. The lowest BCUT2D eigenvalue weighted by atomic mass is 9.97. The average molecular weight is 456 g/mol. The fourth-order valence-corrected chi connectivity index (χ4v) is 4.31. The van der Waals surface area contributed by atoms with E-state index in [-0.39, 0.29) is 17.7 Å². The summed E-state index contributed by atoms with van der Waals surface area (Å²) in [5.74, 6) is 0.967. The van der Waals surface area contributed by atoms with Crippen molar-refractivity contribution < 1.29 is 18.7 Å². The number of aromatic nitrogens is 1. The minimum Gasteiger partial charge on any atom is -0.497 e. The van der Waals surface area contributed by atoms with Gasteiger partial charge >= 0.3 is 0 Å². The largest absolute Gasteiger partial charge is 0.497 e. The molecule has 7 heteroatoms. The maximum absolute atomic E-state index is 13.5. The number of amides is 2. The van der Waals surface area contributed by atoms with E-state index >= 15 is 0 Å². The van der Waals surface area contributed by atoms with Gasteiger partial charge in [-0.05, 0) is 61.4 Å². The molecule has 1 unspecified atom stereocenters. The molecule has 0 aliphatic carbocycles. The van der Waals surface area contributed by atoms with Crippen LogP contribution in [0.3, 0.4) is 0 Å². The zero-order chi connectivity index (χ0) is 23.5. The molecule has 34 heavy (non-hydrogen) atoms. The molecule has 1 N–H and O–H groups in total. The molecule has 1 aliphatic heterocycles. The summed E-state index contributed by atoms with van der Waals surface area (Å²) in [5, 5.41) is 2.89. The van der Waals surface area contributed by atoms with Crippen LogP contribution >= 0.6 is 0 Å². The molecule has 1 saturated heterocycles. The van der Waals surface area contributed by atoms with Crippen LogP contribution in [0.25, 0.3) is 11.1 Å². The first-order valence-electron chi connectivity index (χ1n) is 11.3. The fourth-order valence-electron chi connectivity index (χ4n) is 4.31. The van der Waals surface area contributed by atoms with E-state index in [9.17, 15) is 9.59 Å². The number of fused-ring (bicyclic) bond motifs is 1. The Bertz CT molecular complexity index is 1300. The van der Waals surface area contributed by atoms with Crippen molar-refractivity contribution in [3.8, 4) is 5.75 Å². The average Bonchev–Trinajstić information content (AvgIpc) is 3.33. The molecule has 2 amide bonds. The number of likely N-dealkylation sites (tertiary alicyclic amines) is 1. The SMILES string of the molecule is COc1ccc(C(=O)Nc2ccccc2C(=O)N2CCCC(c3nc4ccccc4o3)C2)cc1. The zero-order valence-electron chi connectivity index (χ0n) is 18.9. The molecule has 3 aromatic carbocycles. The number of nitrogens with one attached hydrogen (secondary N) is 1. The number of carbonyl (C=O) groups excluding carboxylic acids is 2. The smallest absolute Gasteiger partial charge is 0.255 e. The van der Waals surface area contributed by atoms with Gasteiger partial charge in [-0.1, -0.05) is 24.3 Å². The molecule has 172 valence electrons. The summed E-state index contributed by atoms with van der Waals surface area (Å²) in [6, 6.07) is 21.6. The molecule has 1 aromatic heterocycles. The van der Waals surface area contributed by atoms with Crippen molar-refractivity contribution in [2.45, 2.75) is 18.8 Å². The predicted octanol–water partition coefficient (Wildman–Crippen LogP) is 5.11. The first-order valence-corrected chi connectivity index (χ1v) is 11.3. The van der Waals surface area contributed by atoms with Gasteiger partial charge in [0.25, 0.3) is 11.8 Å². The van der Waals surface area contributed by atoms with Crippen molar-refractivity contribution in [3.05, 3.63) is 89.8 Å². The molecule has 2 heterocycles. The number of ether oxygens (including phenoxy) is 1. The van der Waals surface area contributed by atoms with Crippen LogP contribution in [-0.4, -0.2) is 41.9 Å². The van der Waals surface area contributed by atoms with Crippen molar-refractivity contribution in [3.63, 3.8) is 0 Å². The van der Waals surface area contributed by atoms with Gasteiger partial charge in [-0.15, -0.1) is 0 Å². The van der Waals surface area contributed by atoms with Crippen molar-refractivity contribution in [1.29, 1.82) is 0 Å². The highest BCUT2D eigenvalue weighted by Crippen LogP contribution is 2.30. The van der Waals surface area contributed by atoms with Gasteiger partial charge in [0.2, 0.25) is 0 Å². The van der Waals surface area contributed by atoms with Gasteiger partial charge in [0.1, 0.15) is 11.3 Å². The molecule has 7 nitrogen and oxygen atoms in total. The third-order valence-corrected chi connectivity index (χ3v) is 6.13. The van der Waals surface area contributed by atoms with Crippen LogP contribution in [-0.2, 0) is 0 Å². The Labute approximate surface area is 197 Å². The molecular formula is C27H25N3O4. The van der Waals surface area contributed by atoms with Gasteiger partial charge in [0.15, 0.2) is 11.5 Å². The van der Waals surface area contributed by atoms with Crippen LogP contribution in [0.2, 0.25) is 0 Å². The highest BCUT2D eigenvalue weighted by Gasteiger charge is 2.29. The van der Waals surface area contributed by atoms with Gasteiger partial charge in [-0.25, -0.2) is 4.98 Å². The van der Waals surface area contributed by atoms with Gasteiger partial charge in [-0.3, -0.25) is 9.59 Å². The summed E-state index contributed by atoms with van der Waals surface area (Å²) < 4.78 is 11.1. The molecular weight excluding hydrogens is 430 g/mol. The highest BCUT2D eigenvalue weighted by molar-refractivity contribution is 6.09. The molecule has 0 bridgehead atoms. The standard InChI is InChI=1S/C27H25N3O4/c1-33-20-14-12-18(13-15-20)25(31)28-22-9-3-2-8-21(22)27(32)30-16-6-7-19(17-30)26-29-23-10-4-5-11-24(23)34-26/h2-5,8-15,19H,6-7,16-17H2,1H3,(H,28,31). The topological polar surface area (TPSA) is 84.7 Å². The summed E-state index contributed by atoms with van der Waals surface area (Å²) in [6.07, 6.45) is 1.77. The van der Waals surface area contributed by atoms with E-state index in [4.69, 9.17) is 9.15 Å². The molecule has 0 spiro atoms. The molecule has 1 aliphatic rings. The number of nitrogens with zero attached hydrogens (tertiary/aromatic N) is 2. The summed E-state index contributed by atoms with van der Waals surface area (Å²) in [4.78, 5) is 32.7. The molecule has 5 rings (SSSR count). The van der Waals surface area contributed by atoms with Crippen LogP contribution < -0.4 is 10.1 Å². The second kappa shape index (κ2) is 9.39. The lowest BCUT2D eigenvalue weighted by Crippen LogP contribution is -2.39. The second-order valence-electron chi connectivity index (χ2n) is 8.34. The van der Waals surface area contributed by atoms with E-state index < -0.39 is 0 Å². The number of methoxy groups -OCH3 is 1. The van der Waals surface area contributed by atoms with Crippen LogP contribution in [0, 0.1) is 0 Å². The highest BCUT2D eigenvalue weighted by atomic mass is 16.5. The van der Waals surface area contributed by atoms with Gasteiger partial charge < -0.3 is 19.4 Å². The minimum absolute atomic E-state index is 0.0335. The van der Waals surface area contributed by atoms with E-state index in [0.717, 1.165) is 23.9 Å². The van der Waals surface area contributed by atoms with E-state index in [1.54, 1.807) is 55.6 Å². The molecule has 1 fully saturated rings. The lowest BCUT2D eigenvalue weighted by molar-refractivity contribution is 0.0700. The second-order valence-corrected chi connectivity index (χ2v) is 8.34. The van der Waals surface area contributed by atoms with Gasteiger partial charge in [0.05, 0.1) is 24.3 Å². The van der Waals surface area contributed by atoms with Crippen molar-refractivity contribution in [1.82, 2.24) is 9.88 Å². The number of rotatable bonds is 5. The third-order valence-electron chi connectivity index (χ3n) is 6.13. The lowest BCUT2D eigenvalue weighted by Gasteiger charge is -2.31. The molecule has 0 radical (unpaired) electrons. The van der Waals surface area contributed by atoms with Crippen LogP contribution in [0.15, 0.2) is 77.2 Å². The Balaban J connectivity index is 1.33. The number of benzene rings is 3. The number of para-hydroxylation sites is 3. The zero-order valence-corrected chi connectivity index (χ0v) is 18.9. The summed E-state index contributed by atoms with van der Waals surface area (Å²) in [5.41, 5.74) is 3.01. The normalized spacial score (nSPS) is 15.8. The number of anilines is 1. The summed E-state index contributed by atoms with van der Waals surface area (Å²) >= 11 is 0. The Kier molecular flexibility index (Phi) is 5.99. The van der Waals surface area contributed by atoms with E-state index in [1.807, 2.05) is 29.2 Å². The Morgan fingerprint density at radius 1 is 1.03 bits per heavy atom. The van der Waals surface area contributed by atoms with Crippen LogP contribution in [0.1, 0.15) is 45.4 Å². The van der Waals surface area contributed by atoms with Gasteiger partial charge in [0, 0.05) is 18.7 Å². The number of oxazole rings is 1. The summed E-state index contributed by atoms with van der Waals surface area (Å²) in [7, 11) is 1.58. The third kappa shape index (κ3) is 4.37. The minimum atomic E-state index is -0.286. The number of hydrogen-bond donors (Lipinski definition) is 1. The fraction of sp³-hybridized carbons (Fsp3) is 0.222. The molecule has 4 aromatic rings. The maximum Gasteiger partial charge on any atom is 0.255 e. The first-order chi connectivity index (χ1) is 16.6. The maximum atomic E-state index is 13.5. The van der Waals surface area contributed by atoms with E-state index in [2.05, 4.69) is 10.3 Å². The predicted molar refractivity (Wildman–Crippen MR) is 129 cm³/mol. The number of hydrogen-bond acceptors (Lipinski definition) is 5. The van der Waals surface area contributed by atoms with E-state index in [1.165, 1.54) is 0 Å². The monoisotopic (exact) mass is 455 g/mol. The van der Waals surface area contributed by atoms with Crippen LogP contribution in [0.5, 0.6) is 5.75 Å². The first kappa shape index (κ1) is 21.7. The number of carbonyl (C=O) groups is 2. The Morgan fingerprint density at radius 3 is 2.59 bits per heavy atom. The summed E-state index contributed by atoms with van der Waals surface area (Å²) in [6.45, 7) is 1.17. The molecule has 1 atom stereocenters.